The molecule has 4 nitrogen and oxygen atoms in total. The first-order valence-electron chi connectivity index (χ1n) is 9.21. The lowest BCUT2D eigenvalue weighted by Gasteiger charge is -2.35. The highest BCUT2D eigenvalue weighted by atomic mass is 79.9. The molecule has 1 fully saturated rings. The fourth-order valence-corrected chi connectivity index (χ4v) is 4.29. The van der Waals surface area contributed by atoms with Gasteiger partial charge in [0.25, 0.3) is 0 Å². The van der Waals surface area contributed by atoms with Gasteiger partial charge in [-0.25, -0.2) is 9.47 Å². The van der Waals surface area contributed by atoms with Gasteiger partial charge in [-0.15, -0.1) is 0 Å². The van der Waals surface area contributed by atoms with Crippen molar-refractivity contribution in [1.29, 1.82) is 0 Å². The Morgan fingerprint density at radius 3 is 2.40 bits per heavy atom. The number of nitrogens with zero attached hydrogens (tertiary/aromatic N) is 3. The van der Waals surface area contributed by atoms with Crippen molar-refractivity contribution in [3.63, 3.8) is 0 Å². The van der Waals surface area contributed by atoms with Crippen molar-refractivity contribution in [1.82, 2.24) is 4.98 Å². The summed E-state index contributed by atoms with van der Waals surface area (Å²) in [6.45, 7) is 0.538. The predicted molar refractivity (Wildman–Crippen MR) is 93.4 cm³/mol. The molecule has 2 aromatic rings. The minimum atomic E-state index is -1.01. The fourth-order valence-electron chi connectivity index (χ4n) is 4.29. The van der Waals surface area contributed by atoms with E-state index in [-0.39, 0.29) is 17.0 Å². The Labute approximate surface area is 160 Å². The van der Waals surface area contributed by atoms with Gasteiger partial charge >= 0.3 is 5.95 Å². The topological polar surface area (TPSA) is 40.2 Å². The van der Waals surface area contributed by atoms with E-state index in [9.17, 15) is 5.11 Å². The van der Waals surface area contributed by atoms with Crippen molar-refractivity contribution in [2.24, 2.45) is 0 Å². The van der Waals surface area contributed by atoms with Gasteiger partial charge in [0.05, 0.1) is 12.2 Å². The van der Waals surface area contributed by atoms with Crippen LogP contribution < -0.4 is 26.4 Å². The molecule has 0 spiro atoms. The number of hydrogen-bond acceptors (Lipinski definition) is 3. The van der Waals surface area contributed by atoms with Crippen molar-refractivity contribution < 1.29 is 26.7 Å². The summed E-state index contributed by atoms with van der Waals surface area (Å²) < 4.78 is 2.09. The zero-order chi connectivity index (χ0) is 16.4. The molecule has 4 rings (SSSR count). The van der Waals surface area contributed by atoms with E-state index < -0.39 is 5.72 Å². The molecule has 2 heterocycles. The molecule has 1 aromatic heterocycles. The summed E-state index contributed by atoms with van der Waals surface area (Å²) in [5, 5.41) is 11.7. The highest BCUT2D eigenvalue weighted by Crippen LogP contribution is 2.38. The summed E-state index contributed by atoms with van der Waals surface area (Å²) >= 11 is 0. The molecule has 2 aliphatic rings. The number of fused-ring (bicyclic) bond motifs is 1. The zero-order valence-corrected chi connectivity index (χ0v) is 16.1. The maximum absolute atomic E-state index is 11.7. The third-order valence-corrected chi connectivity index (χ3v) is 5.48. The molecule has 1 unspecified atom stereocenters. The van der Waals surface area contributed by atoms with E-state index in [2.05, 4.69) is 14.5 Å². The second-order valence-electron chi connectivity index (χ2n) is 7.10. The van der Waals surface area contributed by atoms with Gasteiger partial charge in [-0.3, -0.25) is 0 Å². The van der Waals surface area contributed by atoms with Crippen LogP contribution in [0.5, 0.6) is 0 Å². The van der Waals surface area contributed by atoms with Crippen LogP contribution in [0, 0.1) is 0 Å². The smallest absolute Gasteiger partial charge is 0.397 e. The molecule has 1 N–H and O–H groups in total. The summed E-state index contributed by atoms with van der Waals surface area (Å²) in [4.78, 5) is 6.82. The molecule has 1 atom stereocenters. The van der Waals surface area contributed by atoms with Gasteiger partial charge in [-0.05, 0) is 12.8 Å². The Morgan fingerprint density at radius 1 is 1.00 bits per heavy atom. The number of benzene rings is 1. The fraction of sp³-hybridized carbons (Fsp3) is 0.500. The summed E-state index contributed by atoms with van der Waals surface area (Å²) in [6, 6.07) is 12.4. The van der Waals surface area contributed by atoms with E-state index in [0.29, 0.717) is 12.6 Å². The molecule has 25 heavy (non-hydrogen) atoms. The molecule has 0 saturated heterocycles. The minimum absolute atomic E-state index is 0. The second kappa shape index (κ2) is 7.83. The number of aromatic nitrogens is 2. The lowest BCUT2D eigenvalue weighted by Crippen LogP contribution is -3.00. The number of hydrogen-bond donors (Lipinski definition) is 1. The highest BCUT2D eigenvalue weighted by Gasteiger charge is 2.54. The second-order valence-corrected chi connectivity index (χ2v) is 7.10. The molecule has 1 aromatic carbocycles. The lowest BCUT2D eigenvalue weighted by molar-refractivity contribution is -0.685. The first-order chi connectivity index (χ1) is 11.8. The normalized spacial score (nSPS) is 24.1. The first-order valence-corrected chi connectivity index (χ1v) is 9.21. The van der Waals surface area contributed by atoms with Crippen LogP contribution in [0.3, 0.4) is 0 Å². The van der Waals surface area contributed by atoms with Crippen LogP contribution in [0.2, 0.25) is 0 Å². The van der Waals surface area contributed by atoms with E-state index in [1.54, 1.807) is 0 Å². The lowest BCUT2D eigenvalue weighted by atomic mass is 9.92. The molecular formula is C20H26BrN3O. The van der Waals surface area contributed by atoms with E-state index in [4.69, 9.17) is 0 Å². The zero-order valence-electron chi connectivity index (χ0n) is 14.5. The van der Waals surface area contributed by atoms with E-state index in [1.165, 1.54) is 32.1 Å². The van der Waals surface area contributed by atoms with Gasteiger partial charge < -0.3 is 22.1 Å². The average Bonchev–Trinajstić information content (AvgIpc) is 2.89. The number of anilines is 1. The van der Waals surface area contributed by atoms with Gasteiger partial charge in [-0.2, -0.15) is 0 Å². The standard InChI is InChI=1S/C20H26N3O.BrH/c24-20(17-10-5-4-6-11-17)16-22-15-9-14-21-19(22)23(20)18-12-7-2-1-3-8-13-18;/h4-6,9-11,14-15,18,24H,1-3,7-8,12-13,16H2;1H/q+1;/p-1. The predicted octanol–water partition coefficient (Wildman–Crippen LogP) is 0.151. The van der Waals surface area contributed by atoms with Crippen molar-refractivity contribution in [2.45, 2.75) is 63.3 Å². The quantitative estimate of drug-likeness (QED) is 0.725. The highest BCUT2D eigenvalue weighted by molar-refractivity contribution is 5.39. The Hall–Kier alpha value is -1.46. The monoisotopic (exact) mass is 403 g/mol. The summed E-state index contributed by atoms with van der Waals surface area (Å²) in [5.74, 6) is 0.898. The van der Waals surface area contributed by atoms with E-state index in [0.717, 1.165) is 24.4 Å². The molecule has 134 valence electrons. The molecule has 0 bridgehead atoms. The van der Waals surface area contributed by atoms with Crippen molar-refractivity contribution >= 4 is 5.95 Å². The largest absolute Gasteiger partial charge is 1.00 e. The summed E-state index contributed by atoms with van der Waals surface area (Å²) in [7, 11) is 0. The van der Waals surface area contributed by atoms with Gasteiger partial charge in [0.15, 0.2) is 0 Å². The number of halogens is 1. The van der Waals surface area contributed by atoms with Crippen molar-refractivity contribution in [2.75, 3.05) is 4.90 Å². The van der Waals surface area contributed by atoms with Crippen molar-refractivity contribution in [3.05, 3.63) is 54.4 Å². The summed E-state index contributed by atoms with van der Waals surface area (Å²) in [6.07, 6.45) is 12.5. The summed E-state index contributed by atoms with van der Waals surface area (Å²) in [5.41, 5.74) is -0.0514. The third-order valence-electron chi connectivity index (χ3n) is 5.48. The van der Waals surface area contributed by atoms with E-state index in [1.807, 2.05) is 48.8 Å². The van der Waals surface area contributed by atoms with Crippen LogP contribution >= 0.6 is 0 Å². The van der Waals surface area contributed by atoms with Gasteiger partial charge in [-0.1, -0.05) is 67.4 Å². The van der Waals surface area contributed by atoms with Crippen LogP contribution in [-0.2, 0) is 12.3 Å². The molecule has 1 aliphatic carbocycles. The van der Waals surface area contributed by atoms with Crippen LogP contribution in [0.25, 0.3) is 0 Å². The van der Waals surface area contributed by atoms with Crippen LogP contribution in [0.4, 0.5) is 5.95 Å². The maximum Gasteiger partial charge on any atom is 0.397 e. The molecule has 0 amide bonds. The maximum atomic E-state index is 11.7. The molecule has 1 aliphatic heterocycles. The Balaban J connectivity index is 0.00000182. The minimum Gasteiger partial charge on any atom is -1.00 e. The van der Waals surface area contributed by atoms with Crippen LogP contribution in [0.1, 0.15) is 50.5 Å². The molecule has 5 heteroatoms. The van der Waals surface area contributed by atoms with Gasteiger partial charge in [0.1, 0.15) is 12.7 Å². The van der Waals surface area contributed by atoms with E-state index >= 15 is 0 Å². The van der Waals surface area contributed by atoms with Gasteiger partial charge in [0.2, 0.25) is 5.72 Å². The average molecular weight is 404 g/mol. The number of aliphatic hydroxyl groups is 1. The first kappa shape index (κ1) is 18.3. The van der Waals surface area contributed by atoms with Gasteiger partial charge in [0, 0.05) is 11.6 Å². The molecule has 0 radical (unpaired) electrons. The Bertz CT molecular complexity index is 688. The molecule has 1 saturated carbocycles. The van der Waals surface area contributed by atoms with Crippen LogP contribution in [-0.4, -0.2) is 16.1 Å². The Kier molecular flexibility index (Phi) is 5.74. The van der Waals surface area contributed by atoms with Crippen LogP contribution in [0.15, 0.2) is 48.8 Å². The Morgan fingerprint density at radius 2 is 1.68 bits per heavy atom. The third kappa shape index (κ3) is 3.44. The SMILES string of the molecule is OC1(c2ccccc2)C[n+]2cccnc2N1C1CCCCCCC1.[Br-]. The molecular weight excluding hydrogens is 378 g/mol. The number of rotatable bonds is 2. The van der Waals surface area contributed by atoms with Crippen molar-refractivity contribution in [3.8, 4) is 0 Å².